The van der Waals surface area contributed by atoms with Crippen LogP contribution in [0.2, 0.25) is 0 Å². The summed E-state index contributed by atoms with van der Waals surface area (Å²) >= 11 is 0. The van der Waals surface area contributed by atoms with Crippen molar-refractivity contribution in [2.45, 2.75) is 5.78 Å². The summed E-state index contributed by atoms with van der Waals surface area (Å²) < 4.78 is 10.5. The van der Waals surface area contributed by atoms with Gasteiger partial charge in [0, 0.05) is 5.56 Å². The van der Waals surface area contributed by atoms with Crippen molar-refractivity contribution in [3.05, 3.63) is 35.9 Å². The molecule has 1 aromatic carbocycles. The minimum absolute atomic E-state index is 0.436. The van der Waals surface area contributed by atoms with E-state index in [4.69, 9.17) is 0 Å². The Labute approximate surface area is 70.2 Å². The van der Waals surface area contributed by atoms with Gasteiger partial charge in [0.1, 0.15) is 5.78 Å². The van der Waals surface area contributed by atoms with Gasteiger partial charge in [-0.15, -0.1) is 0 Å². The maximum Gasteiger partial charge on any atom is 0.135 e. The van der Waals surface area contributed by atoms with Crippen LogP contribution in [0, 0.1) is 0 Å². The van der Waals surface area contributed by atoms with E-state index < -0.39 is 13.4 Å². The predicted molar refractivity (Wildman–Crippen MR) is 39.7 cm³/mol. The summed E-state index contributed by atoms with van der Waals surface area (Å²) in [6.07, 6.45) is 0. The molecule has 1 atom stereocenters. The Hall–Kier alpha value is -0.670. The van der Waals surface area contributed by atoms with E-state index in [1.54, 1.807) is 30.3 Å². The SMILES string of the molecule is [NH3+][C@H](c1ccccc1)P(=O)([O-])[O-]. The van der Waals surface area contributed by atoms with Crippen molar-refractivity contribution >= 4 is 7.60 Å². The summed E-state index contributed by atoms with van der Waals surface area (Å²) in [5, 5.41) is 0. The molecule has 0 amide bonds. The number of rotatable bonds is 2. The topological polar surface area (TPSA) is 90.8 Å². The maximum absolute atomic E-state index is 10.5. The van der Waals surface area contributed by atoms with Gasteiger partial charge >= 0.3 is 0 Å². The van der Waals surface area contributed by atoms with Crippen LogP contribution in [0.3, 0.4) is 0 Å². The largest absolute Gasteiger partial charge is 0.806 e. The van der Waals surface area contributed by atoms with Gasteiger partial charge in [0.05, 0.1) is 0 Å². The van der Waals surface area contributed by atoms with Gasteiger partial charge in [0.25, 0.3) is 0 Å². The molecule has 1 rings (SSSR count). The monoisotopic (exact) mass is 186 g/mol. The van der Waals surface area contributed by atoms with Gasteiger partial charge in [-0.2, -0.15) is 0 Å². The van der Waals surface area contributed by atoms with Crippen molar-refractivity contribution in [3.63, 3.8) is 0 Å². The van der Waals surface area contributed by atoms with Gasteiger partial charge in [-0.05, 0) is 7.60 Å². The molecule has 0 fully saturated rings. The van der Waals surface area contributed by atoms with Crippen LogP contribution in [0.25, 0.3) is 0 Å². The molecule has 4 nitrogen and oxygen atoms in total. The van der Waals surface area contributed by atoms with E-state index in [1.807, 2.05) is 0 Å². The summed E-state index contributed by atoms with van der Waals surface area (Å²) in [6, 6.07) is 8.23. The zero-order valence-corrected chi connectivity index (χ0v) is 7.24. The molecule has 0 saturated heterocycles. The molecular formula is C7H9NO3P-. The van der Waals surface area contributed by atoms with E-state index in [1.165, 1.54) is 0 Å². The minimum atomic E-state index is -4.59. The zero-order chi connectivity index (χ0) is 9.19. The Morgan fingerprint density at radius 3 is 2.17 bits per heavy atom. The van der Waals surface area contributed by atoms with Gasteiger partial charge in [-0.25, -0.2) is 0 Å². The normalized spacial score (nSPS) is 14.2. The van der Waals surface area contributed by atoms with Crippen molar-refractivity contribution in [1.29, 1.82) is 0 Å². The van der Waals surface area contributed by atoms with Gasteiger partial charge in [0.15, 0.2) is 0 Å². The number of hydrogen-bond donors (Lipinski definition) is 1. The Bertz CT molecular complexity index is 295. The van der Waals surface area contributed by atoms with Gasteiger partial charge in [-0.1, -0.05) is 30.3 Å². The molecule has 3 N–H and O–H groups in total. The first-order chi connectivity index (χ1) is 5.52. The minimum Gasteiger partial charge on any atom is -0.806 e. The van der Waals surface area contributed by atoms with Crippen LogP contribution in [0.5, 0.6) is 0 Å². The van der Waals surface area contributed by atoms with E-state index in [0.29, 0.717) is 5.56 Å². The molecule has 0 aliphatic carbocycles. The van der Waals surface area contributed by atoms with Crippen LogP contribution >= 0.6 is 7.60 Å². The predicted octanol–water partition coefficient (Wildman–Crippen LogP) is -1.16. The van der Waals surface area contributed by atoms with Crippen molar-refractivity contribution in [3.8, 4) is 0 Å². The van der Waals surface area contributed by atoms with Crippen LogP contribution in [-0.2, 0) is 4.57 Å². The van der Waals surface area contributed by atoms with Crippen molar-refractivity contribution in [2.24, 2.45) is 0 Å². The third kappa shape index (κ3) is 2.16. The molecule has 5 heteroatoms. The summed E-state index contributed by atoms with van der Waals surface area (Å²) in [7, 11) is -4.59. The first kappa shape index (κ1) is 9.42. The highest BCUT2D eigenvalue weighted by Gasteiger charge is 2.12. The average molecular weight is 186 g/mol. The lowest BCUT2D eigenvalue weighted by atomic mass is 10.2. The van der Waals surface area contributed by atoms with Gasteiger partial charge < -0.3 is 20.1 Å². The van der Waals surface area contributed by atoms with Crippen molar-refractivity contribution in [1.82, 2.24) is 0 Å². The molecule has 66 valence electrons. The number of hydrogen-bond acceptors (Lipinski definition) is 3. The van der Waals surface area contributed by atoms with Crippen LogP contribution in [0.4, 0.5) is 0 Å². The van der Waals surface area contributed by atoms with Crippen molar-refractivity contribution < 1.29 is 20.1 Å². The van der Waals surface area contributed by atoms with Crippen LogP contribution < -0.4 is 15.5 Å². The lowest BCUT2D eigenvalue weighted by Crippen LogP contribution is -2.56. The summed E-state index contributed by atoms with van der Waals surface area (Å²) in [6.45, 7) is 0. The fourth-order valence-corrected chi connectivity index (χ4v) is 1.40. The second-order valence-corrected chi connectivity index (χ2v) is 4.17. The third-order valence-corrected chi connectivity index (χ3v) is 2.63. The van der Waals surface area contributed by atoms with E-state index >= 15 is 0 Å². The van der Waals surface area contributed by atoms with E-state index in [2.05, 4.69) is 5.73 Å². The lowest BCUT2D eigenvalue weighted by Gasteiger charge is -2.32. The second-order valence-electron chi connectivity index (χ2n) is 2.47. The van der Waals surface area contributed by atoms with Gasteiger partial charge in [0.2, 0.25) is 0 Å². The Morgan fingerprint density at radius 1 is 1.25 bits per heavy atom. The van der Waals surface area contributed by atoms with Crippen molar-refractivity contribution in [2.75, 3.05) is 0 Å². The number of benzene rings is 1. The molecule has 0 heterocycles. The third-order valence-electron chi connectivity index (χ3n) is 1.57. The zero-order valence-electron chi connectivity index (χ0n) is 6.34. The molecule has 1 aromatic rings. The lowest BCUT2D eigenvalue weighted by molar-refractivity contribution is -0.434. The fraction of sp³-hybridized carbons (Fsp3) is 0.143. The standard InChI is InChI=1S/C7H10NO3P/c8-7(12(9,10)11)6-4-2-1-3-5-6/h1-5,7H,8H2,(H2,9,10,11)/p-1/t7-/m0/s1. The Balaban J connectivity index is 2.94. The highest BCUT2D eigenvalue weighted by atomic mass is 31.2. The van der Waals surface area contributed by atoms with Gasteiger partial charge in [-0.3, -0.25) is 0 Å². The quantitative estimate of drug-likeness (QED) is 0.590. The van der Waals surface area contributed by atoms with Crippen LogP contribution in [0.1, 0.15) is 11.3 Å². The molecule has 12 heavy (non-hydrogen) atoms. The fourth-order valence-electron chi connectivity index (χ4n) is 0.858. The van der Waals surface area contributed by atoms with E-state index in [9.17, 15) is 14.4 Å². The smallest absolute Gasteiger partial charge is 0.135 e. The molecule has 0 bridgehead atoms. The average Bonchev–Trinajstić information content (AvgIpc) is 2.03. The molecule has 0 aliphatic rings. The Kier molecular flexibility index (Phi) is 2.65. The molecular weight excluding hydrogens is 177 g/mol. The molecule has 0 spiro atoms. The first-order valence-electron chi connectivity index (χ1n) is 3.41. The Morgan fingerprint density at radius 2 is 1.75 bits per heavy atom. The highest BCUT2D eigenvalue weighted by molar-refractivity contribution is 7.48. The van der Waals surface area contributed by atoms with E-state index in [-0.39, 0.29) is 0 Å². The summed E-state index contributed by atoms with van der Waals surface area (Å²) in [5.41, 5.74) is 3.73. The summed E-state index contributed by atoms with van der Waals surface area (Å²) in [5.74, 6) is -1.18. The van der Waals surface area contributed by atoms with Crippen LogP contribution in [0.15, 0.2) is 30.3 Å². The molecule has 0 aromatic heterocycles. The molecule has 0 radical (unpaired) electrons. The highest BCUT2D eigenvalue weighted by Crippen LogP contribution is 2.37. The molecule has 0 aliphatic heterocycles. The first-order valence-corrected chi connectivity index (χ1v) is 5.03. The van der Waals surface area contributed by atoms with Crippen LogP contribution in [-0.4, -0.2) is 0 Å². The molecule has 0 saturated carbocycles. The van der Waals surface area contributed by atoms with E-state index in [0.717, 1.165) is 0 Å². The number of quaternary nitrogens is 1. The maximum atomic E-state index is 10.5. The summed E-state index contributed by atoms with van der Waals surface area (Å²) in [4.78, 5) is 21.1. The molecule has 0 unspecified atom stereocenters. The second kappa shape index (κ2) is 3.37.